The standard InChI is InChI=1S/C12H17BrFNOS/c1-8(15-17(16)12(2,3)4)9-5-10(13)7-11(14)6-9/h5-8,15H,1-4H3. The summed E-state index contributed by atoms with van der Waals surface area (Å²) in [7, 11) is 0. The van der Waals surface area contributed by atoms with E-state index >= 15 is 0 Å². The van der Waals surface area contributed by atoms with Gasteiger partial charge < -0.3 is 4.55 Å². The van der Waals surface area contributed by atoms with Crippen LogP contribution >= 0.6 is 15.9 Å². The number of halogens is 2. The Kier molecular flexibility index (Phi) is 5.01. The van der Waals surface area contributed by atoms with E-state index in [2.05, 4.69) is 20.7 Å². The molecule has 0 aliphatic heterocycles. The van der Waals surface area contributed by atoms with Gasteiger partial charge in [-0.1, -0.05) is 15.9 Å². The van der Waals surface area contributed by atoms with Crippen molar-refractivity contribution in [2.45, 2.75) is 38.5 Å². The lowest BCUT2D eigenvalue weighted by molar-refractivity contribution is 0.530. The van der Waals surface area contributed by atoms with E-state index in [1.165, 1.54) is 12.1 Å². The highest BCUT2D eigenvalue weighted by molar-refractivity contribution is 9.10. The lowest BCUT2D eigenvalue weighted by atomic mass is 10.1. The van der Waals surface area contributed by atoms with E-state index in [1.54, 1.807) is 0 Å². The minimum Gasteiger partial charge on any atom is -0.598 e. The highest BCUT2D eigenvalue weighted by atomic mass is 79.9. The third-order valence-corrected chi connectivity index (χ3v) is 4.36. The average Bonchev–Trinajstić information content (AvgIpc) is 2.14. The fraction of sp³-hybridized carbons (Fsp3) is 0.500. The number of benzene rings is 1. The van der Waals surface area contributed by atoms with E-state index < -0.39 is 11.4 Å². The van der Waals surface area contributed by atoms with Gasteiger partial charge in [-0.25, -0.2) is 4.39 Å². The summed E-state index contributed by atoms with van der Waals surface area (Å²) < 4.78 is 28.5. The smallest absolute Gasteiger partial charge is 0.136 e. The summed E-state index contributed by atoms with van der Waals surface area (Å²) in [5, 5.41) is 0. The SMILES string of the molecule is CC(N[S+]([O-])C(C)(C)C)c1cc(F)cc(Br)c1. The molecule has 17 heavy (non-hydrogen) atoms. The third-order valence-electron chi connectivity index (χ3n) is 2.22. The maximum absolute atomic E-state index is 13.2. The van der Waals surface area contributed by atoms with Crippen LogP contribution in [0.4, 0.5) is 4.39 Å². The van der Waals surface area contributed by atoms with Crippen LogP contribution < -0.4 is 4.72 Å². The Morgan fingerprint density at radius 2 is 1.94 bits per heavy atom. The second kappa shape index (κ2) is 5.69. The van der Waals surface area contributed by atoms with Crippen LogP contribution in [0.25, 0.3) is 0 Å². The van der Waals surface area contributed by atoms with Gasteiger partial charge in [0.05, 0.1) is 6.04 Å². The highest BCUT2D eigenvalue weighted by Gasteiger charge is 2.28. The second-order valence-corrected chi connectivity index (χ2v) is 7.84. The van der Waals surface area contributed by atoms with Crippen molar-refractivity contribution in [3.63, 3.8) is 0 Å². The van der Waals surface area contributed by atoms with Crippen molar-refractivity contribution in [1.29, 1.82) is 0 Å². The lowest BCUT2D eigenvalue weighted by Crippen LogP contribution is -2.40. The lowest BCUT2D eigenvalue weighted by Gasteiger charge is -2.26. The topological polar surface area (TPSA) is 35.1 Å². The molecular weight excluding hydrogens is 305 g/mol. The molecule has 0 aliphatic rings. The molecule has 0 fully saturated rings. The van der Waals surface area contributed by atoms with E-state index in [0.29, 0.717) is 4.47 Å². The molecule has 1 aromatic rings. The summed E-state index contributed by atoms with van der Waals surface area (Å²) in [5.41, 5.74) is 0.773. The zero-order valence-corrected chi connectivity index (χ0v) is 12.8. The minimum atomic E-state index is -1.17. The van der Waals surface area contributed by atoms with Gasteiger partial charge in [-0.3, -0.25) is 0 Å². The minimum absolute atomic E-state index is 0.165. The van der Waals surface area contributed by atoms with E-state index in [-0.39, 0.29) is 16.6 Å². The average molecular weight is 322 g/mol. The number of nitrogens with one attached hydrogen (secondary N) is 1. The monoisotopic (exact) mass is 321 g/mol. The van der Waals surface area contributed by atoms with Crippen molar-refractivity contribution in [1.82, 2.24) is 4.72 Å². The number of hydrogen-bond donors (Lipinski definition) is 1. The molecule has 1 N–H and O–H groups in total. The van der Waals surface area contributed by atoms with Gasteiger partial charge in [-0.2, -0.15) is 0 Å². The molecule has 0 spiro atoms. The summed E-state index contributed by atoms with van der Waals surface area (Å²) in [4.78, 5) is 0. The van der Waals surface area contributed by atoms with Crippen LogP contribution in [0, 0.1) is 5.82 Å². The van der Waals surface area contributed by atoms with Gasteiger partial charge in [-0.15, -0.1) is 4.72 Å². The van der Waals surface area contributed by atoms with Crippen molar-refractivity contribution < 1.29 is 8.94 Å². The molecule has 1 rings (SSSR count). The van der Waals surface area contributed by atoms with Crippen LogP contribution in [0.3, 0.4) is 0 Å². The molecule has 96 valence electrons. The molecule has 0 amide bonds. The molecule has 5 heteroatoms. The van der Waals surface area contributed by atoms with Crippen LogP contribution in [0.2, 0.25) is 0 Å². The summed E-state index contributed by atoms with van der Waals surface area (Å²) in [6.45, 7) is 7.55. The molecule has 2 nitrogen and oxygen atoms in total. The van der Waals surface area contributed by atoms with Crippen LogP contribution in [-0.4, -0.2) is 9.30 Å². The van der Waals surface area contributed by atoms with Crippen LogP contribution in [0.1, 0.15) is 39.3 Å². The van der Waals surface area contributed by atoms with Gasteiger partial charge in [0.2, 0.25) is 0 Å². The van der Waals surface area contributed by atoms with E-state index in [1.807, 2.05) is 33.8 Å². The van der Waals surface area contributed by atoms with Crippen molar-refractivity contribution >= 4 is 27.3 Å². The molecule has 0 heterocycles. The molecular formula is C12H17BrFNOS. The summed E-state index contributed by atoms with van der Waals surface area (Å²) >= 11 is 2.07. The van der Waals surface area contributed by atoms with Crippen molar-refractivity contribution in [3.05, 3.63) is 34.1 Å². The van der Waals surface area contributed by atoms with Gasteiger partial charge in [0.15, 0.2) is 0 Å². The zero-order valence-electron chi connectivity index (χ0n) is 10.4. The second-order valence-electron chi connectivity index (χ2n) is 4.92. The van der Waals surface area contributed by atoms with Crippen LogP contribution in [0.5, 0.6) is 0 Å². The first kappa shape index (κ1) is 15.0. The maximum Gasteiger partial charge on any atom is 0.136 e. The molecule has 0 radical (unpaired) electrons. The van der Waals surface area contributed by atoms with Crippen molar-refractivity contribution in [2.24, 2.45) is 0 Å². The molecule has 0 saturated heterocycles. The van der Waals surface area contributed by atoms with Gasteiger partial charge in [0, 0.05) is 15.8 Å². The van der Waals surface area contributed by atoms with Crippen LogP contribution in [0.15, 0.2) is 22.7 Å². The first-order chi connectivity index (χ1) is 7.70. The fourth-order valence-corrected chi connectivity index (χ4v) is 2.52. The largest absolute Gasteiger partial charge is 0.598 e. The van der Waals surface area contributed by atoms with Gasteiger partial charge in [0.1, 0.15) is 10.6 Å². The summed E-state index contributed by atoms with van der Waals surface area (Å²) in [6.07, 6.45) is 0. The molecule has 1 aromatic carbocycles. The van der Waals surface area contributed by atoms with Crippen molar-refractivity contribution in [2.75, 3.05) is 0 Å². The predicted octanol–water partition coefficient (Wildman–Crippen LogP) is 3.70. The van der Waals surface area contributed by atoms with Crippen LogP contribution in [-0.2, 0) is 11.4 Å². The Morgan fingerprint density at radius 1 is 1.35 bits per heavy atom. The van der Waals surface area contributed by atoms with Gasteiger partial charge in [-0.05, 0) is 51.5 Å². The maximum atomic E-state index is 13.2. The molecule has 0 aliphatic carbocycles. The Bertz CT molecular complexity index is 374. The zero-order chi connectivity index (χ0) is 13.2. The fourth-order valence-electron chi connectivity index (χ4n) is 1.23. The third kappa shape index (κ3) is 4.58. The predicted molar refractivity (Wildman–Crippen MR) is 73.5 cm³/mol. The first-order valence-electron chi connectivity index (χ1n) is 5.34. The normalized spacial score (nSPS) is 15.7. The summed E-state index contributed by atoms with van der Waals surface area (Å²) in [6, 6.07) is 4.50. The molecule has 2 unspecified atom stereocenters. The molecule has 0 bridgehead atoms. The van der Waals surface area contributed by atoms with E-state index in [9.17, 15) is 8.94 Å². The molecule has 0 saturated carbocycles. The number of hydrogen-bond acceptors (Lipinski definition) is 2. The van der Waals surface area contributed by atoms with E-state index in [0.717, 1.165) is 5.56 Å². The van der Waals surface area contributed by atoms with Gasteiger partial charge in [0.25, 0.3) is 0 Å². The van der Waals surface area contributed by atoms with Crippen molar-refractivity contribution in [3.8, 4) is 0 Å². The van der Waals surface area contributed by atoms with Gasteiger partial charge >= 0.3 is 0 Å². The Labute approximate surface area is 113 Å². The quantitative estimate of drug-likeness (QED) is 0.861. The number of rotatable bonds is 3. The van der Waals surface area contributed by atoms with E-state index in [4.69, 9.17) is 0 Å². The Hall–Kier alpha value is -0.100. The summed E-state index contributed by atoms with van der Waals surface area (Å²) in [5.74, 6) is -0.301. The Balaban J connectivity index is 2.79. The Morgan fingerprint density at radius 3 is 2.41 bits per heavy atom. The highest BCUT2D eigenvalue weighted by Crippen LogP contribution is 2.23. The molecule has 0 aromatic heterocycles. The first-order valence-corrected chi connectivity index (χ1v) is 7.28. The molecule has 2 atom stereocenters.